The summed E-state index contributed by atoms with van der Waals surface area (Å²) in [6, 6.07) is 9.32. The quantitative estimate of drug-likeness (QED) is 0.325. The van der Waals surface area contributed by atoms with Gasteiger partial charge in [0.05, 0.1) is 0 Å². The molecule has 214 valence electrons. The topological polar surface area (TPSA) is 17.6 Å². The minimum atomic E-state index is 0. The Labute approximate surface area is 260 Å². The molecule has 8 saturated carbocycles. The van der Waals surface area contributed by atoms with Crippen LogP contribution in [0.1, 0.15) is 88.2 Å². The first-order valence-electron chi connectivity index (χ1n) is 15.8. The molecule has 6 heteroatoms. The van der Waals surface area contributed by atoms with Crippen LogP contribution in [0.4, 0.5) is 0 Å². The van der Waals surface area contributed by atoms with Crippen molar-refractivity contribution in [1.29, 1.82) is 0 Å². The Morgan fingerprint density at radius 2 is 0.925 bits per heavy atom. The highest BCUT2D eigenvalue weighted by atomic mass is 79.9. The molecule has 0 amide bonds. The van der Waals surface area contributed by atoms with Gasteiger partial charge in [0, 0.05) is 0 Å². The third kappa shape index (κ3) is 4.58. The van der Waals surface area contributed by atoms with Gasteiger partial charge in [-0.1, -0.05) is 18.2 Å². The zero-order valence-corrected chi connectivity index (χ0v) is 26.9. The second kappa shape index (κ2) is 10.1. The van der Waals surface area contributed by atoms with E-state index in [4.69, 9.17) is 0 Å². The lowest BCUT2D eigenvalue weighted by Gasteiger charge is -2.54. The van der Waals surface area contributed by atoms with E-state index in [1.54, 1.807) is 0 Å². The van der Waals surface area contributed by atoms with Gasteiger partial charge in [0.2, 0.25) is 12.7 Å². The molecule has 8 aliphatic carbocycles. The summed E-state index contributed by atoms with van der Waals surface area (Å²) in [4.78, 5) is 0. The van der Waals surface area contributed by atoms with Crippen LogP contribution in [0.2, 0.25) is 0 Å². The van der Waals surface area contributed by atoms with Gasteiger partial charge in [-0.3, -0.25) is 0 Å². The van der Waals surface area contributed by atoms with Gasteiger partial charge in [0.1, 0.15) is 49.0 Å². The molecule has 8 bridgehead atoms. The highest BCUT2D eigenvalue weighted by Crippen LogP contribution is 2.59. The van der Waals surface area contributed by atoms with Crippen molar-refractivity contribution in [2.75, 3.05) is 0 Å². The third-order valence-corrected chi connectivity index (χ3v) is 12.2. The predicted octanol–water partition coefficient (Wildman–Crippen LogP) is -0.180. The summed E-state index contributed by atoms with van der Waals surface area (Å²) in [7, 11) is 0. The summed E-state index contributed by atoms with van der Waals surface area (Å²) >= 11 is 0. The molecule has 40 heavy (non-hydrogen) atoms. The van der Waals surface area contributed by atoms with E-state index in [9.17, 15) is 0 Å². The molecule has 0 aliphatic heterocycles. The summed E-state index contributed by atoms with van der Waals surface area (Å²) in [6.45, 7) is 1.93. The van der Waals surface area contributed by atoms with Crippen molar-refractivity contribution in [3.05, 3.63) is 72.8 Å². The van der Waals surface area contributed by atoms with Gasteiger partial charge in [0.15, 0.2) is 0 Å². The maximum absolute atomic E-state index is 2.63. The summed E-state index contributed by atoms with van der Waals surface area (Å²) in [5.74, 6) is 5.94. The van der Waals surface area contributed by atoms with Crippen molar-refractivity contribution < 1.29 is 43.1 Å². The summed E-state index contributed by atoms with van der Waals surface area (Å²) in [5.41, 5.74) is 3.67. The highest BCUT2D eigenvalue weighted by Gasteiger charge is 2.55. The highest BCUT2D eigenvalue weighted by molar-refractivity contribution is 5.22. The molecular weight excluding hydrogens is 624 g/mol. The SMILES string of the molecule is [Br-].[Br-].c1cc(C[n+]2ccn(C34CC5CC(CC(C5)C3)C4)c2)cc(C[n+]2ccn(C34CC5CC(CC(C5)C3)C4)c2)c1. The summed E-state index contributed by atoms with van der Waals surface area (Å²) < 4.78 is 10.1. The minimum absolute atomic E-state index is 0. The Balaban J connectivity index is 0.00000132. The number of imidazole rings is 2. The fourth-order valence-corrected chi connectivity index (χ4v) is 11.5. The van der Waals surface area contributed by atoms with Crippen molar-refractivity contribution in [2.24, 2.45) is 35.5 Å². The maximum Gasteiger partial charge on any atom is 0.244 e. The average Bonchev–Trinajstić information content (AvgIpc) is 3.54. The van der Waals surface area contributed by atoms with Crippen LogP contribution in [0.25, 0.3) is 0 Å². The Hall–Kier alpha value is -1.40. The van der Waals surface area contributed by atoms with Crippen molar-refractivity contribution in [3.8, 4) is 0 Å². The standard InChI is InChI=1S/C34H44N4.2BrH/c1-2-25(21-35-4-6-37(23-35)33-15-27-9-28(16-33)11-29(10-27)17-33)8-26(3-1)22-36-5-7-38(24-36)34-18-30-12-31(19-34)14-32(13-30)20-34;;/h1-8,23-24,27-32H,9-22H2;2*1H/q+2;;/p-2. The Kier molecular flexibility index (Phi) is 6.93. The van der Waals surface area contributed by atoms with Crippen LogP contribution >= 0.6 is 0 Å². The fourth-order valence-electron chi connectivity index (χ4n) is 11.5. The van der Waals surface area contributed by atoms with E-state index in [1.165, 1.54) is 88.2 Å². The van der Waals surface area contributed by atoms with Crippen LogP contribution in [0.15, 0.2) is 61.7 Å². The molecule has 2 heterocycles. The molecule has 0 unspecified atom stereocenters. The molecule has 1 aromatic carbocycles. The van der Waals surface area contributed by atoms with Crippen molar-refractivity contribution in [1.82, 2.24) is 9.13 Å². The van der Waals surface area contributed by atoms with Gasteiger partial charge in [-0.05, 0) is 130 Å². The Bertz CT molecular complexity index is 1200. The van der Waals surface area contributed by atoms with Crippen molar-refractivity contribution in [3.63, 3.8) is 0 Å². The largest absolute Gasteiger partial charge is 1.00 e. The van der Waals surface area contributed by atoms with Crippen LogP contribution in [-0.4, -0.2) is 9.13 Å². The van der Waals surface area contributed by atoms with Gasteiger partial charge in [-0.15, -0.1) is 0 Å². The number of nitrogens with zero attached hydrogens (tertiary/aromatic N) is 4. The molecule has 0 spiro atoms. The first-order chi connectivity index (χ1) is 18.6. The fraction of sp³-hybridized carbons (Fsp3) is 0.647. The van der Waals surface area contributed by atoms with Gasteiger partial charge < -0.3 is 34.0 Å². The smallest absolute Gasteiger partial charge is 0.244 e. The molecule has 0 saturated heterocycles. The zero-order valence-electron chi connectivity index (χ0n) is 23.7. The van der Waals surface area contributed by atoms with Crippen LogP contribution in [0.5, 0.6) is 0 Å². The molecule has 0 N–H and O–H groups in total. The van der Waals surface area contributed by atoms with Crippen molar-refractivity contribution >= 4 is 0 Å². The summed E-state index contributed by atoms with van der Waals surface area (Å²) in [5, 5.41) is 0. The number of benzene rings is 1. The number of aromatic nitrogens is 4. The lowest BCUT2D eigenvalue weighted by atomic mass is 9.53. The maximum atomic E-state index is 2.63. The molecule has 0 radical (unpaired) electrons. The number of hydrogen-bond donors (Lipinski definition) is 0. The minimum Gasteiger partial charge on any atom is -1.00 e. The van der Waals surface area contributed by atoms with Crippen LogP contribution < -0.4 is 43.1 Å². The molecule has 2 aromatic heterocycles. The Morgan fingerprint density at radius 1 is 0.575 bits per heavy atom. The second-order valence-electron chi connectivity index (χ2n) is 15.1. The van der Waals surface area contributed by atoms with Crippen LogP contribution in [-0.2, 0) is 24.2 Å². The van der Waals surface area contributed by atoms with E-state index in [0.717, 1.165) is 48.6 Å². The third-order valence-electron chi connectivity index (χ3n) is 12.2. The van der Waals surface area contributed by atoms with Gasteiger partial charge in [-0.2, -0.15) is 0 Å². The molecule has 8 aliphatic rings. The molecule has 0 atom stereocenters. The second-order valence-corrected chi connectivity index (χ2v) is 15.1. The number of hydrogen-bond acceptors (Lipinski definition) is 0. The normalized spacial score (nSPS) is 38.3. The van der Waals surface area contributed by atoms with Crippen LogP contribution in [0, 0.1) is 35.5 Å². The zero-order chi connectivity index (χ0) is 24.9. The predicted molar refractivity (Wildman–Crippen MR) is 146 cm³/mol. The number of rotatable bonds is 6. The number of halogens is 2. The van der Waals surface area contributed by atoms with Crippen LogP contribution in [0.3, 0.4) is 0 Å². The van der Waals surface area contributed by atoms with E-state index in [1.807, 2.05) is 0 Å². The average molecular weight is 669 g/mol. The Morgan fingerprint density at radius 3 is 1.27 bits per heavy atom. The lowest BCUT2D eigenvalue weighted by Crippen LogP contribution is -3.00. The van der Waals surface area contributed by atoms with E-state index in [2.05, 4.69) is 80.0 Å². The summed E-state index contributed by atoms with van der Waals surface area (Å²) in [6.07, 6.45) is 31.9. The van der Waals surface area contributed by atoms with E-state index >= 15 is 0 Å². The van der Waals surface area contributed by atoms with Gasteiger partial charge in [0.25, 0.3) is 0 Å². The molecule has 4 nitrogen and oxygen atoms in total. The molecule has 8 fully saturated rings. The molecule has 11 rings (SSSR count). The van der Waals surface area contributed by atoms with Gasteiger partial charge in [-0.25, -0.2) is 18.3 Å². The van der Waals surface area contributed by atoms with E-state index in [0.29, 0.717) is 11.1 Å². The van der Waals surface area contributed by atoms with Crippen molar-refractivity contribution in [2.45, 2.75) is 101 Å². The van der Waals surface area contributed by atoms with E-state index < -0.39 is 0 Å². The first-order valence-corrected chi connectivity index (χ1v) is 15.8. The lowest BCUT2D eigenvalue weighted by molar-refractivity contribution is -0.689. The van der Waals surface area contributed by atoms with Gasteiger partial charge >= 0.3 is 0 Å². The van der Waals surface area contributed by atoms with E-state index in [-0.39, 0.29) is 34.0 Å². The molecular formula is C34H44Br2N4. The first kappa shape index (κ1) is 27.4. The monoisotopic (exact) mass is 666 g/mol. The molecule has 3 aromatic rings.